The quantitative estimate of drug-likeness (QED) is 0.863. The van der Waals surface area contributed by atoms with Crippen molar-refractivity contribution in [2.45, 2.75) is 36.5 Å². The second-order valence-corrected chi connectivity index (χ2v) is 7.21. The van der Waals surface area contributed by atoms with Gasteiger partial charge in [0.25, 0.3) is 0 Å². The minimum Gasteiger partial charge on any atom is -0.311 e. The van der Waals surface area contributed by atoms with Crippen LogP contribution >= 0.6 is 23.4 Å². The van der Waals surface area contributed by atoms with E-state index in [1.54, 1.807) is 28.8 Å². The lowest BCUT2D eigenvalue weighted by Crippen LogP contribution is -2.32. The van der Waals surface area contributed by atoms with E-state index in [4.69, 9.17) is 11.6 Å². The number of aryl methyl sites for hydroxylation is 1. The van der Waals surface area contributed by atoms with Crippen LogP contribution in [0.2, 0.25) is 5.02 Å². The molecule has 3 rings (SSSR count). The number of hydrogen-bond donors (Lipinski definition) is 0. The Kier molecular flexibility index (Phi) is 4.69. The molecule has 1 unspecified atom stereocenters. The van der Waals surface area contributed by atoms with Crippen molar-refractivity contribution in [1.82, 2.24) is 15.0 Å². The van der Waals surface area contributed by atoms with Crippen molar-refractivity contribution >= 4 is 35.0 Å². The summed E-state index contributed by atoms with van der Waals surface area (Å²) in [7, 11) is 0. The Hall–Kier alpha value is -1.53. The first-order valence-electron chi connectivity index (χ1n) is 7.24. The van der Waals surface area contributed by atoms with Crippen LogP contribution < -0.4 is 4.90 Å². The average molecular weight is 337 g/mol. The van der Waals surface area contributed by atoms with Gasteiger partial charge in [-0.15, -0.1) is 16.9 Å². The van der Waals surface area contributed by atoms with Crippen LogP contribution in [-0.4, -0.2) is 32.7 Å². The standard InChI is InChI=1S/C15H17ClN4OS/c1-11-4-8-20(13-10-12(16)2-3-14(13)22-11)15(21)5-7-19-9-6-17-18-19/h2-3,6,9-11H,4-5,7-8H2,1H3. The fourth-order valence-electron chi connectivity index (χ4n) is 2.46. The van der Waals surface area contributed by atoms with Gasteiger partial charge in [0.2, 0.25) is 5.91 Å². The smallest absolute Gasteiger partial charge is 0.228 e. The summed E-state index contributed by atoms with van der Waals surface area (Å²) in [5, 5.41) is 8.78. The Balaban J connectivity index is 1.80. The van der Waals surface area contributed by atoms with Gasteiger partial charge in [-0.05, 0) is 24.6 Å². The molecule has 1 atom stereocenters. The number of thioether (sulfide) groups is 1. The first-order chi connectivity index (χ1) is 10.6. The molecule has 22 heavy (non-hydrogen) atoms. The second-order valence-electron chi connectivity index (χ2n) is 5.29. The molecule has 7 heteroatoms. The van der Waals surface area contributed by atoms with E-state index in [1.165, 1.54) is 0 Å². The molecule has 0 spiro atoms. The summed E-state index contributed by atoms with van der Waals surface area (Å²) < 4.78 is 1.67. The van der Waals surface area contributed by atoms with Crippen LogP contribution in [0.25, 0.3) is 0 Å². The molecule has 5 nitrogen and oxygen atoms in total. The number of amides is 1. The molecule has 0 radical (unpaired) electrons. The molecular weight excluding hydrogens is 320 g/mol. The largest absolute Gasteiger partial charge is 0.311 e. The van der Waals surface area contributed by atoms with Crippen LogP contribution in [0.4, 0.5) is 5.69 Å². The number of benzene rings is 1. The van der Waals surface area contributed by atoms with Gasteiger partial charge in [0, 0.05) is 34.3 Å². The summed E-state index contributed by atoms with van der Waals surface area (Å²) in [5.41, 5.74) is 0.922. The Morgan fingerprint density at radius 3 is 3.14 bits per heavy atom. The van der Waals surface area contributed by atoms with Crippen molar-refractivity contribution in [2.75, 3.05) is 11.4 Å². The van der Waals surface area contributed by atoms with E-state index in [-0.39, 0.29) is 5.91 Å². The van der Waals surface area contributed by atoms with Gasteiger partial charge in [-0.2, -0.15) is 0 Å². The van der Waals surface area contributed by atoms with Crippen LogP contribution in [0.1, 0.15) is 19.8 Å². The maximum absolute atomic E-state index is 12.6. The predicted octanol–water partition coefficient (Wildman–Crippen LogP) is 3.24. The summed E-state index contributed by atoms with van der Waals surface area (Å²) in [6.45, 7) is 3.44. The van der Waals surface area contributed by atoms with Gasteiger partial charge in [-0.3, -0.25) is 9.48 Å². The van der Waals surface area contributed by atoms with E-state index in [1.807, 2.05) is 23.1 Å². The first kappa shape index (κ1) is 15.4. The van der Waals surface area contributed by atoms with Crippen molar-refractivity contribution in [3.63, 3.8) is 0 Å². The number of halogens is 1. The van der Waals surface area contributed by atoms with Gasteiger partial charge in [-0.1, -0.05) is 23.7 Å². The fraction of sp³-hybridized carbons (Fsp3) is 0.400. The van der Waals surface area contributed by atoms with Gasteiger partial charge in [-0.25, -0.2) is 0 Å². The number of rotatable bonds is 3. The van der Waals surface area contributed by atoms with Gasteiger partial charge in [0.1, 0.15) is 0 Å². The van der Waals surface area contributed by atoms with Gasteiger partial charge >= 0.3 is 0 Å². The minimum absolute atomic E-state index is 0.0914. The number of carbonyl (C=O) groups excluding carboxylic acids is 1. The van der Waals surface area contributed by atoms with Gasteiger partial charge in [0.15, 0.2) is 0 Å². The molecule has 1 aliphatic rings. The highest BCUT2D eigenvalue weighted by molar-refractivity contribution is 8.00. The second kappa shape index (κ2) is 6.71. The third-order valence-corrected chi connectivity index (χ3v) is 5.10. The lowest BCUT2D eigenvalue weighted by Gasteiger charge is -2.22. The highest BCUT2D eigenvalue weighted by Gasteiger charge is 2.24. The number of aromatic nitrogens is 3. The summed E-state index contributed by atoms with van der Waals surface area (Å²) in [4.78, 5) is 15.6. The molecule has 1 amide bonds. The van der Waals surface area contributed by atoms with Crippen LogP contribution in [0.5, 0.6) is 0 Å². The molecule has 116 valence electrons. The van der Waals surface area contributed by atoms with Crippen molar-refractivity contribution in [2.24, 2.45) is 0 Å². The zero-order valence-electron chi connectivity index (χ0n) is 12.3. The zero-order valence-corrected chi connectivity index (χ0v) is 13.8. The summed E-state index contributed by atoms with van der Waals surface area (Å²) in [5.74, 6) is 0.0914. The van der Waals surface area contributed by atoms with E-state index in [2.05, 4.69) is 17.2 Å². The highest BCUT2D eigenvalue weighted by atomic mass is 35.5. The Bertz CT molecular complexity index is 662. The predicted molar refractivity (Wildman–Crippen MR) is 88.4 cm³/mol. The van der Waals surface area contributed by atoms with E-state index < -0.39 is 0 Å². The number of anilines is 1. The number of carbonyl (C=O) groups is 1. The summed E-state index contributed by atoms with van der Waals surface area (Å²) in [6.07, 6.45) is 4.74. The van der Waals surface area contributed by atoms with Crippen molar-refractivity contribution in [3.8, 4) is 0 Å². The maximum atomic E-state index is 12.6. The van der Waals surface area contributed by atoms with Crippen molar-refractivity contribution in [1.29, 1.82) is 0 Å². The third kappa shape index (κ3) is 3.44. The van der Waals surface area contributed by atoms with Crippen LogP contribution in [0, 0.1) is 0 Å². The molecule has 0 fully saturated rings. The Morgan fingerprint density at radius 2 is 2.36 bits per heavy atom. The monoisotopic (exact) mass is 336 g/mol. The first-order valence-corrected chi connectivity index (χ1v) is 8.50. The normalized spacial score (nSPS) is 17.9. The molecule has 0 aliphatic carbocycles. The van der Waals surface area contributed by atoms with Crippen molar-refractivity contribution in [3.05, 3.63) is 35.6 Å². The van der Waals surface area contributed by atoms with Crippen LogP contribution in [0.3, 0.4) is 0 Å². The Morgan fingerprint density at radius 1 is 1.50 bits per heavy atom. The van der Waals surface area contributed by atoms with E-state index in [0.29, 0.717) is 23.2 Å². The fourth-order valence-corrected chi connectivity index (χ4v) is 3.72. The molecule has 2 aromatic rings. The maximum Gasteiger partial charge on any atom is 0.228 e. The van der Waals surface area contributed by atoms with E-state index in [9.17, 15) is 4.79 Å². The van der Waals surface area contributed by atoms with Gasteiger partial charge in [0.05, 0.1) is 18.4 Å². The molecular formula is C15H17ClN4OS. The number of hydrogen-bond acceptors (Lipinski definition) is 4. The molecule has 2 heterocycles. The van der Waals surface area contributed by atoms with Crippen LogP contribution in [0.15, 0.2) is 35.5 Å². The molecule has 1 aliphatic heterocycles. The zero-order chi connectivity index (χ0) is 15.5. The number of fused-ring (bicyclic) bond motifs is 1. The topological polar surface area (TPSA) is 51.0 Å². The van der Waals surface area contributed by atoms with Crippen molar-refractivity contribution < 1.29 is 4.79 Å². The molecule has 0 saturated carbocycles. The Labute approximate surface area is 138 Å². The molecule has 1 aromatic heterocycles. The summed E-state index contributed by atoms with van der Waals surface area (Å²) in [6, 6.07) is 5.76. The molecule has 0 saturated heterocycles. The number of nitrogens with zero attached hydrogens (tertiary/aromatic N) is 4. The molecule has 0 N–H and O–H groups in total. The third-order valence-electron chi connectivity index (χ3n) is 3.63. The lowest BCUT2D eigenvalue weighted by molar-refractivity contribution is -0.118. The average Bonchev–Trinajstić information content (AvgIpc) is 2.95. The molecule has 0 bridgehead atoms. The molecule has 1 aromatic carbocycles. The summed E-state index contributed by atoms with van der Waals surface area (Å²) >= 11 is 7.92. The lowest BCUT2D eigenvalue weighted by atomic mass is 10.2. The van der Waals surface area contributed by atoms with Crippen LogP contribution in [-0.2, 0) is 11.3 Å². The van der Waals surface area contributed by atoms with E-state index >= 15 is 0 Å². The highest BCUT2D eigenvalue weighted by Crippen LogP contribution is 2.39. The van der Waals surface area contributed by atoms with Gasteiger partial charge < -0.3 is 4.90 Å². The van der Waals surface area contributed by atoms with E-state index in [0.717, 1.165) is 23.5 Å². The SMILES string of the molecule is CC1CCN(C(=O)CCn2ccnn2)c2cc(Cl)ccc2S1. The minimum atomic E-state index is 0.0914.